The van der Waals surface area contributed by atoms with Crippen molar-refractivity contribution in [2.75, 3.05) is 38.8 Å². The summed E-state index contributed by atoms with van der Waals surface area (Å²) >= 11 is 0. The first-order valence-corrected chi connectivity index (χ1v) is 12.3. The van der Waals surface area contributed by atoms with Crippen LogP contribution in [-0.2, 0) is 0 Å². The van der Waals surface area contributed by atoms with Crippen LogP contribution < -0.4 is 21.1 Å². The van der Waals surface area contributed by atoms with Crippen molar-refractivity contribution in [1.82, 2.24) is 20.2 Å². The topological polar surface area (TPSA) is 129 Å². The molecule has 1 aromatic heterocycles. The summed E-state index contributed by atoms with van der Waals surface area (Å²) in [5.41, 5.74) is 8.40. The van der Waals surface area contributed by atoms with Gasteiger partial charge < -0.3 is 26.0 Å². The fraction of sp³-hybridized carbons (Fsp3) is 0.357. The molecule has 2 aromatic carbocycles. The predicted molar refractivity (Wildman–Crippen MR) is 146 cm³/mol. The number of rotatable bonds is 8. The zero-order chi connectivity index (χ0) is 26.5. The molecule has 0 spiro atoms. The highest BCUT2D eigenvalue weighted by molar-refractivity contribution is 6.00. The lowest BCUT2D eigenvalue weighted by Gasteiger charge is -2.32. The first kappa shape index (κ1) is 25.9. The number of ether oxygens (including phenoxy) is 1. The van der Waals surface area contributed by atoms with E-state index in [0.717, 1.165) is 47.7 Å². The smallest absolute Gasteiger partial charge is 0.272 e. The lowest BCUT2D eigenvalue weighted by atomic mass is 9.90. The van der Waals surface area contributed by atoms with Crippen LogP contribution in [0.5, 0.6) is 5.75 Å². The van der Waals surface area contributed by atoms with Crippen molar-refractivity contribution in [2.24, 2.45) is 0 Å². The van der Waals surface area contributed by atoms with E-state index in [1.807, 2.05) is 36.4 Å². The summed E-state index contributed by atoms with van der Waals surface area (Å²) in [7, 11) is 5.78. The van der Waals surface area contributed by atoms with Crippen molar-refractivity contribution < 1.29 is 9.53 Å². The average Bonchev–Trinajstić information content (AvgIpc) is 2.91. The molecule has 37 heavy (non-hydrogen) atoms. The highest BCUT2D eigenvalue weighted by atomic mass is 16.5. The maximum absolute atomic E-state index is 13.1. The molecular formula is C28H33N7O2. The summed E-state index contributed by atoms with van der Waals surface area (Å²) in [5, 5.41) is 17.3. The number of nitrogens with one attached hydrogen (secondary N) is 2. The second kappa shape index (κ2) is 11.3. The second-order valence-corrected chi connectivity index (χ2v) is 9.59. The third-order valence-electron chi connectivity index (χ3n) is 6.89. The number of aromatic nitrogens is 2. The molecule has 1 saturated carbocycles. The minimum Gasteiger partial charge on any atom is -0.495 e. The average molecular weight is 500 g/mol. The van der Waals surface area contributed by atoms with E-state index >= 15 is 0 Å². The monoisotopic (exact) mass is 499 g/mol. The second-order valence-electron chi connectivity index (χ2n) is 9.59. The number of nitrogen functional groups attached to an aromatic ring is 1. The fourth-order valence-corrected chi connectivity index (χ4v) is 4.73. The maximum atomic E-state index is 13.1. The number of fused-ring (bicyclic) bond motifs is 1. The number of carbonyl (C=O) groups excluding carboxylic acids is 1. The maximum Gasteiger partial charge on any atom is 0.272 e. The lowest BCUT2D eigenvalue weighted by molar-refractivity contribution is 0.0912. The number of hydrogen-bond donors (Lipinski definition) is 3. The number of benzene rings is 2. The van der Waals surface area contributed by atoms with Crippen LogP contribution in [-0.4, -0.2) is 60.6 Å². The van der Waals surface area contributed by atoms with Crippen molar-refractivity contribution in [3.63, 3.8) is 0 Å². The molecule has 1 amide bonds. The van der Waals surface area contributed by atoms with Crippen LogP contribution in [0, 0.1) is 11.3 Å². The van der Waals surface area contributed by atoms with Gasteiger partial charge in [0.1, 0.15) is 5.75 Å². The van der Waals surface area contributed by atoms with E-state index in [1.165, 1.54) is 6.20 Å². The molecule has 0 bridgehead atoms. The molecule has 1 fully saturated rings. The standard InChI is InChI=1S/C28H33N7O2/c1-17(14-29)15-31-25-22-13-19(6-5-18(22)7-12-24(25)37-4)27-32-16-23(30)26(34-27)28(36)33-20-8-10-21(11-9-20)35(2)3/h5-7,12-13,16,20-21,31H,1,8-11,15,30H2,2-4H3,(H,33,36). The Bertz CT molecular complexity index is 1350. The van der Waals surface area contributed by atoms with Crippen LogP contribution in [0.1, 0.15) is 36.2 Å². The quantitative estimate of drug-likeness (QED) is 0.397. The lowest BCUT2D eigenvalue weighted by Crippen LogP contribution is -2.42. The highest BCUT2D eigenvalue weighted by Crippen LogP contribution is 2.35. The Kier molecular flexibility index (Phi) is 7.89. The number of methoxy groups -OCH3 is 1. The Morgan fingerprint density at radius 1 is 1.24 bits per heavy atom. The molecule has 0 radical (unpaired) electrons. The van der Waals surface area contributed by atoms with Crippen molar-refractivity contribution in [1.29, 1.82) is 5.26 Å². The van der Waals surface area contributed by atoms with Gasteiger partial charge >= 0.3 is 0 Å². The van der Waals surface area contributed by atoms with E-state index in [2.05, 4.69) is 46.2 Å². The molecule has 0 atom stereocenters. The van der Waals surface area contributed by atoms with Crippen molar-refractivity contribution in [2.45, 2.75) is 37.8 Å². The number of amides is 1. The largest absolute Gasteiger partial charge is 0.495 e. The Balaban J connectivity index is 1.61. The van der Waals surface area contributed by atoms with E-state index in [-0.39, 0.29) is 29.9 Å². The van der Waals surface area contributed by atoms with E-state index in [1.54, 1.807) is 7.11 Å². The van der Waals surface area contributed by atoms with Crippen molar-refractivity contribution >= 4 is 28.1 Å². The van der Waals surface area contributed by atoms with Crippen LogP contribution in [0.25, 0.3) is 22.2 Å². The number of nitriles is 1. The molecule has 9 nitrogen and oxygen atoms in total. The van der Waals surface area contributed by atoms with Gasteiger partial charge in [0.05, 0.1) is 30.8 Å². The van der Waals surface area contributed by atoms with Crippen LogP contribution in [0.15, 0.2) is 48.7 Å². The number of carbonyl (C=O) groups is 1. The molecule has 1 heterocycles. The number of hydrogen-bond acceptors (Lipinski definition) is 8. The van der Waals surface area contributed by atoms with Gasteiger partial charge in [-0.25, -0.2) is 9.97 Å². The molecule has 192 valence electrons. The number of nitrogens with two attached hydrogens (primary N) is 1. The minimum absolute atomic E-state index is 0.103. The van der Waals surface area contributed by atoms with Crippen LogP contribution in [0.3, 0.4) is 0 Å². The van der Waals surface area contributed by atoms with E-state index in [9.17, 15) is 4.79 Å². The first-order valence-electron chi connectivity index (χ1n) is 12.3. The Morgan fingerprint density at radius 3 is 2.65 bits per heavy atom. The fourth-order valence-electron chi connectivity index (χ4n) is 4.73. The Morgan fingerprint density at radius 2 is 1.97 bits per heavy atom. The van der Waals surface area contributed by atoms with Crippen LogP contribution in [0.2, 0.25) is 0 Å². The first-order chi connectivity index (χ1) is 17.8. The molecule has 4 rings (SSSR count). The predicted octanol–water partition coefficient (Wildman–Crippen LogP) is 3.98. The van der Waals surface area contributed by atoms with Crippen molar-refractivity contribution in [3.05, 3.63) is 54.4 Å². The molecule has 4 N–H and O–H groups in total. The summed E-state index contributed by atoms with van der Waals surface area (Å²) in [4.78, 5) is 24.3. The van der Waals surface area contributed by atoms with Gasteiger partial charge in [0, 0.05) is 35.2 Å². The molecule has 0 aliphatic heterocycles. The van der Waals surface area contributed by atoms with Crippen LogP contribution in [0.4, 0.5) is 11.4 Å². The number of nitrogens with zero attached hydrogens (tertiary/aromatic N) is 4. The molecule has 1 aliphatic rings. The zero-order valence-corrected chi connectivity index (χ0v) is 21.5. The molecule has 0 unspecified atom stereocenters. The SMILES string of the molecule is C=C(C#N)CNc1c(OC)ccc2ccc(-c3ncc(N)c(C(=O)NC4CCC(N(C)C)CC4)n3)cc12. The van der Waals surface area contributed by atoms with E-state index < -0.39 is 0 Å². The van der Waals surface area contributed by atoms with Crippen molar-refractivity contribution in [3.8, 4) is 23.2 Å². The van der Waals surface area contributed by atoms with E-state index in [0.29, 0.717) is 23.2 Å². The summed E-state index contributed by atoms with van der Waals surface area (Å²) in [5.74, 6) is 0.750. The third-order valence-corrected chi connectivity index (χ3v) is 6.89. The van der Waals surface area contributed by atoms with Gasteiger partial charge in [-0.3, -0.25) is 4.79 Å². The molecule has 0 saturated heterocycles. The van der Waals surface area contributed by atoms with Gasteiger partial charge in [0.2, 0.25) is 0 Å². The zero-order valence-electron chi connectivity index (χ0n) is 21.5. The molecule has 3 aromatic rings. The van der Waals surface area contributed by atoms with Gasteiger partial charge in [-0.05, 0) is 57.3 Å². The summed E-state index contributed by atoms with van der Waals surface area (Å²) in [6.45, 7) is 4.03. The van der Waals surface area contributed by atoms with Gasteiger partial charge in [-0.2, -0.15) is 5.26 Å². The molecular weight excluding hydrogens is 466 g/mol. The highest BCUT2D eigenvalue weighted by Gasteiger charge is 2.25. The summed E-state index contributed by atoms with van der Waals surface area (Å²) in [6.07, 6.45) is 5.41. The third kappa shape index (κ3) is 5.81. The van der Waals surface area contributed by atoms with Gasteiger partial charge in [0.15, 0.2) is 11.5 Å². The Labute approximate surface area is 217 Å². The number of anilines is 2. The van der Waals surface area contributed by atoms with E-state index in [4.69, 9.17) is 15.7 Å². The van der Waals surface area contributed by atoms with Gasteiger partial charge in [0.25, 0.3) is 5.91 Å². The molecule has 9 heteroatoms. The molecule has 1 aliphatic carbocycles. The Hall–Kier alpha value is -4.16. The van der Waals surface area contributed by atoms with Gasteiger partial charge in [-0.15, -0.1) is 0 Å². The normalized spacial score (nSPS) is 17.3. The summed E-state index contributed by atoms with van der Waals surface area (Å²) in [6, 6.07) is 12.3. The van der Waals surface area contributed by atoms with Crippen LogP contribution >= 0.6 is 0 Å². The van der Waals surface area contributed by atoms with Gasteiger partial charge in [-0.1, -0.05) is 24.8 Å². The summed E-state index contributed by atoms with van der Waals surface area (Å²) < 4.78 is 5.54. The minimum atomic E-state index is -0.283.